The second-order valence-electron chi connectivity index (χ2n) is 5.48. The van der Waals surface area contributed by atoms with Crippen LogP contribution in [0.15, 0.2) is 48.5 Å². The van der Waals surface area contributed by atoms with E-state index in [0.29, 0.717) is 0 Å². The topological polar surface area (TPSA) is 86.6 Å². The Hall–Kier alpha value is -2.82. The van der Waals surface area contributed by atoms with Crippen molar-refractivity contribution in [3.8, 4) is 5.75 Å². The Morgan fingerprint density at radius 2 is 1.50 bits per heavy atom. The van der Waals surface area contributed by atoms with E-state index in [-0.39, 0.29) is 24.2 Å². The molecule has 0 saturated heterocycles. The largest absolute Gasteiger partial charge is 0.507 e. The number of benzene rings is 2. The zero-order chi connectivity index (χ0) is 15.7. The molecule has 0 spiro atoms. The van der Waals surface area contributed by atoms with E-state index in [4.69, 9.17) is 0 Å². The molecule has 0 saturated carbocycles. The number of hydrogen-bond donors (Lipinski definition) is 3. The van der Waals surface area contributed by atoms with Crippen LogP contribution in [0.1, 0.15) is 21.5 Å². The molecule has 1 aliphatic rings. The molecule has 0 aromatic heterocycles. The van der Waals surface area contributed by atoms with E-state index >= 15 is 0 Å². The maximum atomic E-state index is 12.3. The van der Waals surface area contributed by atoms with Crippen molar-refractivity contribution in [2.75, 3.05) is 0 Å². The zero-order valence-electron chi connectivity index (χ0n) is 11.7. The lowest BCUT2D eigenvalue weighted by Gasteiger charge is -2.25. The summed E-state index contributed by atoms with van der Waals surface area (Å²) in [6, 6.07) is 13.5. The van der Waals surface area contributed by atoms with E-state index in [0.717, 1.165) is 11.1 Å². The first-order valence-electron chi connectivity index (χ1n) is 6.92. The van der Waals surface area contributed by atoms with Gasteiger partial charge in [0.25, 0.3) is 5.91 Å². The molecule has 3 rings (SSSR count). The molecule has 0 bridgehead atoms. The molecule has 1 amide bonds. The maximum absolute atomic E-state index is 12.3. The van der Waals surface area contributed by atoms with Crippen LogP contribution >= 0.6 is 0 Å². The number of fused-ring (bicyclic) bond motifs is 1. The first kappa shape index (κ1) is 14.1. The fourth-order valence-electron chi connectivity index (χ4n) is 2.86. The number of nitrogens with one attached hydrogen (secondary N) is 1. The summed E-state index contributed by atoms with van der Waals surface area (Å²) >= 11 is 0. The number of aliphatic carboxylic acids is 1. The lowest BCUT2D eigenvalue weighted by molar-refractivity contribution is -0.144. The Labute approximate surface area is 127 Å². The summed E-state index contributed by atoms with van der Waals surface area (Å²) < 4.78 is 0. The second-order valence-corrected chi connectivity index (χ2v) is 5.48. The summed E-state index contributed by atoms with van der Waals surface area (Å²) in [7, 11) is 0. The highest BCUT2D eigenvalue weighted by atomic mass is 16.4. The fourth-order valence-corrected chi connectivity index (χ4v) is 2.86. The van der Waals surface area contributed by atoms with E-state index in [1.54, 1.807) is 12.1 Å². The summed E-state index contributed by atoms with van der Waals surface area (Å²) in [5.74, 6) is -1.84. The molecular weight excluding hydrogens is 282 g/mol. The Balaban J connectivity index is 1.90. The Kier molecular flexibility index (Phi) is 3.33. The third kappa shape index (κ3) is 2.30. The van der Waals surface area contributed by atoms with E-state index in [1.807, 2.05) is 24.3 Å². The summed E-state index contributed by atoms with van der Waals surface area (Å²) in [5.41, 5.74) is 0.535. The molecule has 22 heavy (non-hydrogen) atoms. The summed E-state index contributed by atoms with van der Waals surface area (Å²) in [6.07, 6.45) is 0.468. The number of carbonyl (C=O) groups excluding carboxylic acids is 1. The van der Waals surface area contributed by atoms with E-state index in [2.05, 4.69) is 5.32 Å². The third-order valence-corrected chi connectivity index (χ3v) is 4.01. The van der Waals surface area contributed by atoms with Gasteiger partial charge in [0.1, 0.15) is 11.3 Å². The molecule has 2 aromatic carbocycles. The van der Waals surface area contributed by atoms with E-state index in [9.17, 15) is 19.8 Å². The quantitative estimate of drug-likeness (QED) is 0.805. The Bertz CT molecular complexity index is 729. The lowest BCUT2D eigenvalue weighted by Crippen LogP contribution is -2.55. The molecule has 112 valence electrons. The number of phenols is 1. The molecule has 5 nitrogen and oxygen atoms in total. The number of amides is 1. The minimum atomic E-state index is -1.37. The Morgan fingerprint density at radius 1 is 0.955 bits per heavy atom. The average molecular weight is 297 g/mol. The number of hydrogen-bond acceptors (Lipinski definition) is 3. The van der Waals surface area contributed by atoms with Gasteiger partial charge in [-0.3, -0.25) is 4.79 Å². The van der Waals surface area contributed by atoms with Gasteiger partial charge in [-0.25, -0.2) is 4.79 Å². The molecule has 0 aliphatic heterocycles. The average Bonchev–Trinajstić information content (AvgIpc) is 2.87. The van der Waals surface area contributed by atoms with Gasteiger partial charge in [0.05, 0.1) is 5.56 Å². The van der Waals surface area contributed by atoms with Gasteiger partial charge in [-0.1, -0.05) is 36.4 Å². The highest BCUT2D eigenvalue weighted by Crippen LogP contribution is 2.31. The molecule has 3 N–H and O–H groups in total. The van der Waals surface area contributed by atoms with Crippen LogP contribution in [0.5, 0.6) is 5.75 Å². The van der Waals surface area contributed by atoms with Gasteiger partial charge in [-0.05, 0) is 23.3 Å². The molecule has 0 radical (unpaired) electrons. The Morgan fingerprint density at radius 3 is 2.05 bits per heavy atom. The van der Waals surface area contributed by atoms with Crippen molar-refractivity contribution in [3.05, 3.63) is 65.2 Å². The molecule has 0 unspecified atom stereocenters. The van der Waals surface area contributed by atoms with Crippen molar-refractivity contribution in [1.82, 2.24) is 5.32 Å². The van der Waals surface area contributed by atoms with Gasteiger partial charge < -0.3 is 15.5 Å². The van der Waals surface area contributed by atoms with Crippen LogP contribution in [-0.2, 0) is 17.6 Å². The van der Waals surface area contributed by atoms with Gasteiger partial charge >= 0.3 is 5.97 Å². The van der Waals surface area contributed by atoms with Crippen molar-refractivity contribution in [1.29, 1.82) is 0 Å². The van der Waals surface area contributed by atoms with Gasteiger partial charge in [-0.15, -0.1) is 0 Å². The number of rotatable bonds is 3. The summed E-state index contributed by atoms with van der Waals surface area (Å²) in [5, 5.41) is 22.0. The van der Waals surface area contributed by atoms with E-state index < -0.39 is 17.4 Å². The monoisotopic (exact) mass is 297 g/mol. The minimum absolute atomic E-state index is 0.0686. The van der Waals surface area contributed by atoms with Crippen LogP contribution in [0.2, 0.25) is 0 Å². The molecule has 0 heterocycles. The molecule has 2 aromatic rings. The number of para-hydroxylation sites is 1. The first-order chi connectivity index (χ1) is 10.5. The van der Waals surface area contributed by atoms with Crippen molar-refractivity contribution < 1.29 is 19.8 Å². The lowest BCUT2D eigenvalue weighted by atomic mass is 9.95. The number of carboxylic acids is 1. The minimum Gasteiger partial charge on any atom is -0.507 e. The number of aromatic hydroxyl groups is 1. The molecule has 0 fully saturated rings. The van der Waals surface area contributed by atoms with Crippen LogP contribution in [-0.4, -0.2) is 27.6 Å². The van der Waals surface area contributed by atoms with Crippen LogP contribution < -0.4 is 5.32 Å². The van der Waals surface area contributed by atoms with E-state index in [1.165, 1.54) is 12.1 Å². The number of carboxylic acid groups (broad SMARTS) is 1. The van der Waals surface area contributed by atoms with Crippen LogP contribution in [0.4, 0.5) is 0 Å². The zero-order valence-corrected chi connectivity index (χ0v) is 11.7. The number of phenolic OH excluding ortho intramolecular Hbond substituents is 1. The molecule has 0 atom stereocenters. The third-order valence-electron chi connectivity index (χ3n) is 4.01. The highest BCUT2D eigenvalue weighted by molar-refractivity contribution is 6.00. The second kappa shape index (κ2) is 5.18. The predicted molar refractivity (Wildman–Crippen MR) is 79.8 cm³/mol. The van der Waals surface area contributed by atoms with Crippen LogP contribution in [0, 0.1) is 0 Å². The van der Waals surface area contributed by atoms with Gasteiger partial charge in [0, 0.05) is 12.8 Å². The maximum Gasteiger partial charge on any atom is 0.330 e. The first-order valence-corrected chi connectivity index (χ1v) is 6.92. The van der Waals surface area contributed by atoms with Crippen molar-refractivity contribution in [2.45, 2.75) is 18.4 Å². The van der Waals surface area contributed by atoms with Gasteiger partial charge in [0.15, 0.2) is 0 Å². The summed E-state index contributed by atoms with van der Waals surface area (Å²) in [6.45, 7) is 0. The number of carbonyl (C=O) groups is 2. The van der Waals surface area contributed by atoms with Gasteiger partial charge in [-0.2, -0.15) is 0 Å². The smallest absolute Gasteiger partial charge is 0.330 e. The van der Waals surface area contributed by atoms with Gasteiger partial charge in [0.2, 0.25) is 0 Å². The van der Waals surface area contributed by atoms with Crippen molar-refractivity contribution >= 4 is 11.9 Å². The van der Waals surface area contributed by atoms with Crippen LogP contribution in [0.3, 0.4) is 0 Å². The molecule has 1 aliphatic carbocycles. The molecular formula is C17H15NO4. The SMILES string of the molecule is O=C(NC1(C(=O)O)Cc2ccccc2C1)c1ccccc1O. The molecule has 5 heteroatoms. The predicted octanol–water partition coefficient (Wildman–Crippen LogP) is 1.74. The standard InChI is InChI=1S/C17H15NO4/c19-14-8-4-3-7-13(14)15(20)18-17(16(21)22)9-11-5-1-2-6-12(11)10-17/h1-8,19H,9-10H2,(H,18,20)(H,21,22). The normalized spacial score (nSPS) is 15.1. The van der Waals surface area contributed by atoms with Crippen LogP contribution in [0.25, 0.3) is 0 Å². The van der Waals surface area contributed by atoms with Crippen molar-refractivity contribution in [2.24, 2.45) is 0 Å². The van der Waals surface area contributed by atoms with Crippen molar-refractivity contribution in [3.63, 3.8) is 0 Å². The highest BCUT2D eigenvalue weighted by Gasteiger charge is 2.45. The summed E-state index contributed by atoms with van der Waals surface area (Å²) in [4.78, 5) is 24.1. The fraction of sp³-hybridized carbons (Fsp3) is 0.176.